The van der Waals surface area contributed by atoms with Gasteiger partial charge in [0.05, 0.1) is 14.2 Å². The van der Waals surface area contributed by atoms with Crippen molar-refractivity contribution in [2.45, 2.75) is 17.8 Å². The molecule has 0 aliphatic heterocycles. The Balaban J connectivity index is 1.64. The lowest BCUT2D eigenvalue weighted by Crippen LogP contribution is -2.11. The van der Waals surface area contributed by atoms with Gasteiger partial charge >= 0.3 is 5.63 Å². The molecule has 2 aromatic heterocycles. The Morgan fingerprint density at radius 3 is 2.65 bits per heavy atom. The summed E-state index contributed by atoms with van der Waals surface area (Å²) in [4.78, 5) is 12.0. The predicted molar refractivity (Wildman–Crippen MR) is 121 cm³/mol. The van der Waals surface area contributed by atoms with Gasteiger partial charge in [-0.15, -0.1) is 10.2 Å². The number of aryl methyl sites for hydroxylation is 1. The van der Waals surface area contributed by atoms with E-state index in [4.69, 9.17) is 31.3 Å². The summed E-state index contributed by atoms with van der Waals surface area (Å²) in [5, 5.41) is 10.3. The van der Waals surface area contributed by atoms with Gasteiger partial charge in [-0.05, 0) is 48.4 Å². The van der Waals surface area contributed by atoms with Crippen molar-refractivity contribution in [3.63, 3.8) is 0 Å². The number of halogens is 1. The Kier molecular flexibility index (Phi) is 5.79. The van der Waals surface area contributed by atoms with Crippen LogP contribution < -0.4 is 20.9 Å². The zero-order valence-electron chi connectivity index (χ0n) is 17.0. The highest BCUT2D eigenvalue weighted by Crippen LogP contribution is 2.33. The number of nitrogens with two attached hydrogens (primary N) is 1. The lowest BCUT2D eigenvalue weighted by molar-refractivity contribution is 0.355. The molecule has 0 spiro atoms. The average Bonchev–Trinajstić information content (AvgIpc) is 3.13. The molecule has 4 aromatic rings. The third-order valence-electron chi connectivity index (χ3n) is 4.77. The fourth-order valence-electron chi connectivity index (χ4n) is 3.16. The van der Waals surface area contributed by atoms with E-state index in [9.17, 15) is 4.79 Å². The number of nitrogen functional groups attached to an aromatic ring is 1. The van der Waals surface area contributed by atoms with Crippen LogP contribution in [0.4, 0.5) is 0 Å². The molecule has 2 aromatic carbocycles. The summed E-state index contributed by atoms with van der Waals surface area (Å²) in [6.45, 7) is 1.86. The van der Waals surface area contributed by atoms with Gasteiger partial charge in [0.15, 0.2) is 17.3 Å². The summed E-state index contributed by atoms with van der Waals surface area (Å²) in [7, 11) is 3.13. The molecule has 0 aliphatic carbocycles. The number of hydrogen-bond donors (Lipinski definition) is 1. The Morgan fingerprint density at radius 1 is 1.13 bits per heavy atom. The fraction of sp³-hybridized carbons (Fsp3) is 0.190. The average molecular weight is 459 g/mol. The molecule has 4 rings (SSSR count). The number of hydrogen-bond acceptors (Lipinski definition) is 8. The molecular weight excluding hydrogens is 440 g/mol. The van der Waals surface area contributed by atoms with Crippen LogP contribution in [-0.2, 0) is 5.75 Å². The summed E-state index contributed by atoms with van der Waals surface area (Å²) in [6, 6.07) is 10.4. The van der Waals surface area contributed by atoms with Crippen molar-refractivity contribution in [1.29, 1.82) is 0 Å². The number of ether oxygens (including phenoxy) is 2. The van der Waals surface area contributed by atoms with Crippen molar-refractivity contribution in [3.05, 3.63) is 63.0 Å². The van der Waals surface area contributed by atoms with Gasteiger partial charge in [-0.1, -0.05) is 23.4 Å². The van der Waals surface area contributed by atoms with E-state index in [0.29, 0.717) is 38.8 Å². The van der Waals surface area contributed by atoms with Crippen molar-refractivity contribution in [2.24, 2.45) is 0 Å². The third-order valence-corrected chi connectivity index (χ3v) is 6.17. The second-order valence-corrected chi connectivity index (χ2v) is 8.07. The number of thioether (sulfide) groups is 1. The zero-order valence-corrected chi connectivity index (χ0v) is 18.6. The number of methoxy groups -OCH3 is 2. The highest BCUT2D eigenvalue weighted by atomic mass is 35.5. The normalized spacial score (nSPS) is 11.1. The quantitative estimate of drug-likeness (QED) is 0.262. The molecule has 2 heterocycles. The number of fused-ring (bicyclic) bond motifs is 1. The van der Waals surface area contributed by atoms with Crippen molar-refractivity contribution in [1.82, 2.24) is 14.9 Å². The van der Waals surface area contributed by atoms with E-state index in [-0.39, 0.29) is 0 Å². The maximum atomic E-state index is 12.0. The molecule has 0 amide bonds. The standard InChI is InChI=1S/C21H19ClN4O4S/c1-11-6-17-14(9-15(11)22)13(8-19(27)30-17)10-31-21-25-24-20(26(21)23)12-4-5-16(28-2)18(7-12)29-3/h4-9H,10,23H2,1-3H3. The van der Waals surface area contributed by atoms with Gasteiger partial charge in [-0.25, -0.2) is 9.47 Å². The van der Waals surface area contributed by atoms with E-state index in [2.05, 4.69) is 10.2 Å². The minimum absolute atomic E-state index is 0.426. The van der Waals surface area contributed by atoms with E-state index in [1.54, 1.807) is 38.5 Å². The lowest BCUT2D eigenvalue weighted by atomic mass is 10.1. The second-order valence-electron chi connectivity index (χ2n) is 6.72. The highest BCUT2D eigenvalue weighted by molar-refractivity contribution is 7.98. The molecule has 160 valence electrons. The first kappa shape index (κ1) is 21.1. The van der Waals surface area contributed by atoms with Gasteiger partial charge in [0, 0.05) is 27.8 Å². The minimum Gasteiger partial charge on any atom is -0.493 e. The van der Waals surface area contributed by atoms with Crippen LogP contribution in [0.1, 0.15) is 11.1 Å². The van der Waals surface area contributed by atoms with Crippen LogP contribution in [0.3, 0.4) is 0 Å². The zero-order chi connectivity index (χ0) is 22.1. The Labute approximate surface area is 186 Å². The van der Waals surface area contributed by atoms with Gasteiger partial charge in [0.25, 0.3) is 0 Å². The first-order valence-corrected chi connectivity index (χ1v) is 10.6. The van der Waals surface area contributed by atoms with Crippen molar-refractivity contribution >= 4 is 34.3 Å². The topological polar surface area (TPSA) is 105 Å². The number of rotatable bonds is 6. The number of benzene rings is 2. The number of aromatic nitrogens is 3. The summed E-state index contributed by atoms with van der Waals surface area (Å²) in [5.74, 6) is 8.32. The van der Waals surface area contributed by atoms with Crippen molar-refractivity contribution in [2.75, 3.05) is 20.1 Å². The first-order chi connectivity index (χ1) is 14.9. The predicted octanol–water partition coefficient (Wildman–Crippen LogP) is 4.04. The molecule has 8 nitrogen and oxygen atoms in total. The van der Waals surface area contributed by atoms with Crippen molar-refractivity contribution in [3.8, 4) is 22.9 Å². The maximum absolute atomic E-state index is 12.0. The molecule has 0 unspecified atom stereocenters. The van der Waals surface area contributed by atoms with Crippen molar-refractivity contribution < 1.29 is 13.9 Å². The monoisotopic (exact) mass is 458 g/mol. The Bertz CT molecular complexity index is 1340. The van der Waals surface area contributed by atoms with Crippen LogP contribution in [-0.4, -0.2) is 29.1 Å². The van der Waals surface area contributed by atoms with E-state index in [0.717, 1.165) is 22.1 Å². The number of nitrogens with zero attached hydrogens (tertiary/aromatic N) is 3. The lowest BCUT2D eigenvalue weighted by Gasteiger charge is -2.09. The first-order valence-electron chi connectivity index (χ1n) is 9.20. The van der Waals surface area contributed by atoms with Crippen LogP contribution in [0.5, 0.6) is 11.5 Å². The summed E-state index contributed by atoms with van der Waals surface area (Å²) >= 11 is 7.62. The van der Waals surface area contributed by atoms with E-state index in [1.165, 1.54) is 22.5 Å². The Morgan fingerprint density at radius 2 is 1.90 bits per heavy atom. The molecule has 0 saturated carbocycles. The summed E-state index contributed by atoms with van der Waals surface area (Å²) < 4.78 is 17.3. The molecule has 0 aliphatic rings. The molecule has 10 heteroatoms. The van der Waals surface area contributed by atoms with Gasteiger partial charge in [-0.3, -0.25) is 0 Å². The molecule has 0 atom stereocenters. The fourth-order valence-corrected chi connectivity index (χ4v) is 4.17. The van der Waals surface area contributed by atoms with Crippen LogP contribution in [0, 0.1) is 6.92 Å². The third kappa shape index (κ3) is 4.06. The van der Waals surface area contributed by atoms with Crippen LogP contribution >= 0.6 is 23.4 Å². The van der Waals surface area contributed by atoms with Crippen LogP contribution in [0.2, 0.25) is 5.02 Å². The van der Waals surface area contributed by atoms with E-state index >= 15 is 0 Å². The molecule has 0 fully saturated rings. The van der Waals surface area contributed by atoms with Gasteiger partial charge in [-0.2, -0.15) is 0 Å². The molecule has 2 N–H and O–H groups in total. The summed E-state index contributed by atoms with van der Waals surface area (Å²) in [6.07, 6.45) is 0. The van der Waals surface area contributed by atoms with Gasteiger partial charge in [0.1, 0.15) is 5.58 Å². The molecular formula is C21H19ClN4O4S. The van der Waals surface area contributed by atoms with Gasteiger partial charge < -0.3 is 19.7 Å². The molecule has 0 saturated heterocycles. The van der Waals surface area contributed by atoms with Crippen LogP contribution in [0.15, 0.2) is 50.8 Å². The van der Waals surface area contributed by atoms with E-state index < -0.39 is 5.63 Å². The largest absolute Gasteiger partial charge is 0.493 e. The summed E-state index contributed by atoms with van der Waals surface area (Å²) in [5.41, 5.74) is 2.40. The molecule has 31 heavy (non-hydrogen) atoms. The second kappa shape index (κ2) is 8.52. The maximum Gasteiger partial charge on any atom is 0.336 e. The minimum atomic E-state index is -0.426. The molecule has 0 bridgehead atoms. The van der Waals surface area contributed by atoms with Crippen LogP contribution in [0.25, 0.3) is 22.4 Å². The smallest absolute Gasteiger partial charge is 0.336 e. The SMILES string of the molecule is COc1ccc(-c2nnc(SCc3cc(=O)oc4cc(C)c(Cl)cc34)n2N)cc1OC. The Hall–Kier alpha value is -3.17. The van der Waals surface area contributed by atoms with Gasteiger partial charge in [0.2, 0.25) is 5.16 Å². The highest BCUT2D eigenvalue weighted by Gasteiger charge is 2.16. The molecule has 0 radical (unpaired) electrons. The van der Waals surface area contributed by atoms with E-state index in [1.807, 2.05) is 13.0 Å².